The molecule has 4 aromatic rings. The Morgan fingerprint density at radius 2 is 1.85 bits per heavy atom. The van der Waals surface area contributed by atoms with E-state index in [-0.39, 0.29) is 36.4 Å². The molecule has 0 aliphatic heterocycles. The van der Waals surface area contributed by atoms with Crippen LogP contribution < -0.4 is 9.47 Å². The Bertz CT molecular complexity index is 1270. The van der Waals surface area contributed by atoms with Gasteiger partial charge >= 0.3 is 12.6 Å². The zero-order valence-corrected chi connectivity index (χ0v) is 18.0. The predicted molar refractivity (Wildman–Crippen MR) is 111 cm³/mol. The van der Waals surface area contributed by atoms with Gasteiger partial charge in [0.1, 0.15) is 0 Å². The number of aryl methyl sites for hydroxylation is 1. The minimum Gasteiger partial charge on any atom is -0.493 e. The SMILES string of the molecule is COc1cc(-c2noc(COC(=O)Cn3nnc(-c4ccc(C)cc4)n3)n2)ccc1OC(F)F. The van der Waals surface area contributed by atoms with E-state index in [9.17, 15) is 13.6 Å². The summed E-state index contributed by atoms with van der Waals surface area (Å²) in [6.07, 6.45) is 0. The number of hydrogen-bond acceptors (Lipinski definition) is 10. The Morgan fingerprint density at radius 1 is 1.09 bits per heavy atom. The summed E-state index contributed by atoms with van der Waals surface area (Å²) in [5, 5.41) is 15.7. The summed E-state index contributed by atoms with van der Waals surface area (Å²) < 4.78 is 44.6. The van der Waals surface area contributed by atoms with Gasteiger partial charge in [0.2, 0.25) is 11.6 Å². The van der Waals surface area contributed by atoms with Crippen LogP contribution in [-0.4, -0.2) is 50.0 Å². The van der Waals surface area contributed by atoms with E-state index in [2.05, 4.69) is 30.3 Å². The number of nitrogens with zero attached hydrogens (tertiary/aromatic N) is 6. The summed E-state index contributed by atoms with van der Waals surface area (Å²) in [5.74, 6) is -0.139. The molecule has 2 aromatic heterocycles. The van der Waals surface area contributed by atoms with Gasteiger partial charge in [0.15, 0.2) is 24.7 Å². The molecule has 4 rings (SSSR count). The molecule has 0 amide bonds. The quantitative estimate of drug-likeness (QED) is 0.335. The molecule has 0 radical (unpaired) electrons. The van der Waals surface area contributed by atoms with Crippen LogP contribution in [0.5, 0.6) is 11.5 Å². The number of alkyl halides is 2. The third-order valence-corrected chi connectivity index (χ3v) is 4.50. The lowest BCUT2D eigenvalue weighted by molar-refractivity contribution is -0.147. The topological polar surface area (TPSA) is 127 Å². The van der Waals surface area contributed by atoms with Crippen LogP contribution in [0.4, 0.5) is 8.78 Å². The minimum absolute atomic E-state index is 0.0297. The molecule has 2 aromatic carbocycles. The van der Waals surface area contributed by atoms with E-state index in [4.69, 9.17) is 14.0 Å². The number of esters is 1. The Balaban J connectivity index is 1.34. The number of tetrazole rings is 1. The second-order valence-electron chi connectivity index (χ2n) is 6.93. The number of aromatic nitrogens is 6. The number of ether oxygens (including phenoxy) is 3. The predicted octanol–water partition coefficient (Wildman–Crippen LogP) is 3.05. The van der Waals surface area contributed by atoms with Gasteiger partial charge < -0.3 is 18.7 Å². The third-order valence-electron chi connectivity index (χ3n) is 4.50. The molecule has 0 saturated heterocycles. The fourth-order valence-electron chi connectivity index (χ4n) is 2.86. The van der Waals surface area contributed by atoms with Crippen LogP contribution in [0.3, 0.4) is 0 Å². The molecule has 0 N–H and O–H groups in total. The van der Waals surface area contributed by atoms with Gasteiger partial charge in [-0.25, -0.2) is 4.79 Å². The molecule has 176 valence electrons. The maximum atomic E-state index is 12.5. The highest BCUT2D eigenvalue weighted by Crippen LogP contribution is 2.32. The van der Waals surface area contributed by atoms with E-state index >= 15 is 0 Å². The zero-order chi connectivity index (χ0) is 24.1. The molecule has 11 nitrogen and oxygen atoms in total. The van der Waals surface area contributed by atoms with Gasteiger partial charge in [-0.2, -0.15) is 18.6 Å². The lowest BCUT2D eigenvalue weighted by Gasteiger charge is -2.10. The van der Waals surface area contributed by atoms with Crippen molar-refractivity contribution in [1.29, 1.82) is 0 Å². The van der Waals surface area contributed by atoms with Gasteiger partial charge in [0.25, 0.3) is 5.89 Å². The first-order valence-corrected chi connectivity index (χ1v) is 9.87. The summed E-state index contributed by atoms with van der Waals surface area (Å²) in [4.78, 5) is 17.4. The van der Waals surface area contributed by atoms with E-state index < -0.39 is 12.6 Å². The van der Waals surface area contributed by atoms with Crippen molar-refractivity contribution in [2.24, 2.45) is 0 Å². The van der Waals surface area contributed by atoms with Crippen molar-refractivity contribution in [1.82, 2.24) is 30.3 Å². The molecule has 0 bridgehead atoms. The highest BCUT2D eigenvalue weighted by atomic mass is 19.3. The molecule has 0 unspecified atom stereocenters. The maximum absolute atomic E-state index is 12.5. The molecule has 0 aliphatic carbocycles. The van der Waals surface area contributed by atoms with Crippen molar-refractivity contribution in [2.75, 3.05) is 7.11 Å². The Hall–Kier alpha value is -4.42. The van der Waals surface area contributed by atoms with Crippen LogP contribution in [0.15, 0.2) is 47.0 Å². The summed E-state index contributed by atoms with van der Waals surface area (Å²) in [5.41, 5.74) is 2.30. The monoisotopic (exact) mass is 472 g/mol. The second-order valence-corrected chi connectivity index (χ2v) is 6.93. The lowest BCUT2D eigenvalue weighted by Crippen LogP contribution is -2.15. The van der Waals surface area contributed by atoms with E-state index in [1.807, 2.05) is 31.2 Å². The van der Waals surface area contributed by atoms with Crippen molar-refractivity contribution >= 4 is 5.97 Å². The van der Waals surface area contributed by atoms with E-state index in [1.54, 1.807) is 0 Å². The minimum atomic E-state index is -2.99. The summed E-state index contributed by atoms with van der Waals surface area (Å²) in [6.45, 7) is -1.57. The van der Waals surface area contributed by atoms with Crippen LogP contribution in [0.25, 0.3) is 22.8 Å². The molecule has 0 saturated carbocycles. The van der Waals surface area contributed by atoms with Gasteiger partial charge in [0.05, 0.1) is 7.11 Å². The molecule has 34 heavy (non-hydrogen) atoms. The average Bonchev–Trinajstić information content (AvgIpc) is 3.48. The van der Waals surface area contributed by atoms with Crippen LogP contribution >= 0.6 is 0 Å². The molecule has 13 heteroatoms. The van der Waals surface area contributed by atoms with Crippen molar-refractivity contribution in [3.05, 3.63) is 53.9 Å². The maximum Gasteiger partial charge on any atom is 0.387 e. The molecular weight excluding hydrogens is 454 g/mol. The van der Waals surface area contributed by atoms with E-state index in [0.29, 0.717) is 11.4 Å². The smallest absolute Gasteiger partial charge is 0.387 e. The highest BCUT2D eigenvalue weighted by Gasteiger charge is 2.16. The summed E-state index contributed by atoms with van der Waals surface area (Å²) in [6, 6.07) is 11.7. The molecule has 0 atom stereocenters. The zero-order valence-electron chi connectivity index (χ0n) is 18.0. The van der Waals surface area contributed by atoms with Gasteiger partial charge in [-0.1, -0.05) is 35.0 Å². The molecule has 0 fully saturated rings. The molecule has 0 aliphatic rings. The lowest BCUT2D eigenvalue weighted by atomic mass is 10.1. The van der Waals surface area contributed by atoms with E-state index in [0.717, 1.165) is 15.9 Å². The number of benzene rings is 2. The normalized spacial score (nSPS) is 11.0. The summed E-state index contributed by atoms with van der Waals surface area (Å²) in [7, 11) is 1.31. The number of hydrogen-bond donors (Lipinski definition) is 0. The Labute approximate surface area is 191 Å². The fourth-order valence-corrected chi connectivity index (χ4v) is 2.86. The van der Waals surface area contributed by atoms with Crippen molar-refractivity contribution in [3.8, 4) is 34.3 Å². The Kier molecular flexibility index (Phi) is 6.71. The van der Waals surface area contributed by atoms with Crippen molar-refractivity contribution in [3.63, 3.8) is 0 Å². The van der Waals surface area contributed by atoms with Gasteiger partial charge in [0, 0.05) is 11.1 Å². The molecule has 2 heterocycles. The van der Waals surface area contributed by atoms with Crippen LogP contribution in [0.1, 0.15) is 11.5 Å². The van der Waals surface area contributed by atoms with Crippen LogP contribution in [0.2, 0.25) is 0 Å². The number of methoxy groups -OCH3 is 1. The third kappa shape index (κ3) is 5.49. The van der Waals surface area contributed by atoms with Gasteiger partial charge in [-0.3, -0.25) is 0 Å². The van der Waals surface area contributed by atoms with Gasteiger partial charge in [-0.15, -0.1) is 10.2 Å². The van der Waals surface area contributed by atoms with E-state index in [1.165, 1.54) is 25.3 Å². The number of carbonyl (C=O) groups is 1. The average molecular weight is 472 g/mol. The Morgan fingerprint density at radius 3 is 2.59 bits per heavy atom. The van der Waals surface area contributed by atoms with Crippen molar-refractivity contribution in [2.45, 2.75) is 26.7 Å². The fraction of sp³-hybridized carbons (Fsp3) is 0.238. The number of halogens is 2. The van der Waals surface area contributed by atoms with Crippen molar-refractivity contribution < 1.29 is 32.3 Å². The number of carbonyl (C=O) groups excluding carboxylic acids is 1. The molecular formula is C21H18F2N6O5. The summed E-state index contributed by atoms with van der Waals surface area (Å²) >= 11 is 0. The first-order chi connectivity index (χ1) is 16.4. The first kappa shape index (κ1) is 22.8. The van der Waals surface area contributed by atoms with Crippen LogP contribution in [0, 0.1) is 6.92 Å². The largest absolute Gasteiger partial charge is 0.493 e. The first-order valence-electron chi connectivity index (χ1n) is 9.87. The number of rotatable bonds is 9. The standard InChI is InChI=1S/C21H18F2N6O5/c1-12-3-5-13(6-4-12)20-25-28-29(26-20)10-18(30)32-11-17-24-19(27-34-17)14-7-8-15(33-21(22)23)16(9-14)31-2/h3-9,21H,10-11H2,1-2H3. The second kappa shape index (κ2) is 10.0. The highest BCUT2D eigenvalue weighted by molar-refractivity contribution is 5.69. The molecule has 0 spiro atoms. The van der Waals surface area contributed by atoms with Gasteiger partial charge in [-0.05, 0) is 30.3 Å². The van der Waals surface area contributed by atoms with Crippen LogP contribution in [-0.2, 0) is 22.7 Å².